The minimum atomic E-state index is -0.240. The van der Waals surface area contributed by atoms with Gasteiger partial charge in [0.05, 0.1) is 6.54 Å². The summed E-state index contributed by atoms with van der Waals surface area (Å²) in [6, 6.07) is 15.2. The van der Waals surface area contributed by atoms with Crippen molar-refractivity contribution in [1.82, 2.24) is 5.32 Å². The monoisotopic (exact) mass is 313 g/mol. The topological polar surface area (TPSA) is 53.6 Å². The van der Waals surface area contributed by atoms with E-state index in [1.165, 1.54) is 0 Å². The Kier molecular flexibility index (Phi) is 5.86. The lowest BCUT2D eigenvalue weighted by Crippen LogP contribution is -2.32. The molecule has 0 radical (unpaired) electrons. The maximum absolute atomic E-state index is 11.8. The minimum absolute atomic E-state index is 0.240. The van der Waals surface area contributed by atoms with E-state index < -0.39 is 0 Å². The Bertz CT molecular complexity index is 639. The predicted molar refractivity (Wildman–Crippen MR) is 94.5 cm³/mol. The molecule has 5 heteroatoms. The summed E-state index contributed by atoms with van der Waals surface area (Å²) < 4.78 is 5.63. The summed E-state index contributed by atoms with van der Waals surface area (Å²) in [4.78, 5) is 13.8. The van der Waals surface area contributed by atoms with Gasteiger partial charge in [0, 0.05) is 25.5 Å². The molecule has 0 heterocycles. The fourth-order valence-electron chi connectivity index (χ4n) is 2.06. The molecule has 0 aliphatic heterocycles. The number of amides is 2. The van der Waals surface area contributed by atoms with E-state index in [4.69, 9.17) is 4.74 Å². The van der Waals surface area contributed by atoms with Crippen LogP contribution in [0.25, 0.3) is 0 Å². The van der Waals surface area contributed by atoms with E-state index in [1.807, 2.05) is 74.4 Å². The molecule has 0 spiro atoms. The van der Waals surface area contributed by atoms with Gasteiger partial charge in [0.2, 0.25) is 0 Å². The molecule has 2 amide bonds. The van der Waals surface area contributed by atoms with Gasteiger partial charge in [-0.05, 0) is 42.8 Å². The smallest absolute Gasteiger partial charge is 0.319 e. The highest BCUT2D eigenvalue weighted by molar-refractivity contribution is 5.89. The fraction of sp³-hybridized carbons (Fsp3) is 0.278. The number of ether oxygens (including phenoxy) is 1. The van der Waals surface area contributed by atoms with Gasteiger partial charge in [0.1, 0.15) is 12.4 Å². The summed E-state index contributed by atoms with van der Waals surface area (Å²) >= 11 is 0. The molecular weight excluding hydrogens is 290 g/mol. The van der Waals surface area contributed by atoms with Crippen molar-refractivity contribution in [3.63, 3.8) is 0 Å². The molecule has 0 saturated heterocycles. The van der Waals surface area contributed by atoms with Gasteiger partial charge in [-0.15, -0.1) is 0 Å². The van der Waals surface area contributed by atoms with Crippen LogP contribution in [0.2, 0.25) is 0 Å². The van der Waals surface area contributed by atoms with E-state index in [9.17, 15) is 4.79 Å². The van der Waals surface area contributed by atoms with Crippen LogP contribution in [0, 0.1) is 6.92 Å². The Morgan fingerprint density at radius 1 is 1.09 bits per heavy atom. The molecule has 0 aliphatic carbocycles. The number of benzene rings is 2. The number of nitrogens with one attached hydrogen (secondary N) is 2. The van der Waals surface area contributed by atoms with Gasteiger partial charge < -0.3 is 20.3 Å². The number of urea groups is 1. The van der Waals surface area contributed by atoms with Crippen molar-refractivity contribution in [2.75, 3.05) is 37.5 Å². The second-order valence-corrected chi connectivity index (χ2v) is 5.44. The Hall–Kier alpha value is -2.69. The summed E-state index contributed by atoms with van der Waals surface area (Å²) in [5.41, 5.74) is 2.92. The molecule has 0 fully saturated rings. The Balaban J connectivity index is 1.72. The first-order valence-corrected chi connectivity index (χ1v) is 7.57. The van der Waals surface area contributed by atoms with Gasteiger partial charge in [0.25, 0.3) is 0 Å². The van der Waals surface area contributed by atoms with Crippen LogP contribution < -0.4 is 20.3 Å². The summed E-state index contributed by atoms with van der Waals surface area (Å²) in [5.74, 6) is 0.842. The molecule has 122 valence electrons. The first-order chi connectivity index (χ1) is 11.1. The van der Waals surface area contributed by atoms with Crippen molar-refractivity contribution in [3.05, 3.63) is 54.1 Å². The van der Waals surface area contributed by atoms with Crippen LogP contribution >= 0.6 is 0 Å². The molecule has 2 N–H and O–H groups in total. The van der Waals surface area contributed by atoms with E-state index in [-0.39, 0.29) is 6.03 Å². The highest BCUT2D eigenvalue weighted by atomic mass is 16.5. The first-order valence-electron chi connectivity index (χ1n) is 7.57. The van der Waals surface area contributed by atoms with Gasteiger partial charge >= 0.3 is 6.03 Å². The quantitative estimate of drug-likeness (QED) is 0.805. The number of hydrogen-bond donors (Lipinski definition) is 2. The molecular formula is C18H23N3O2. The number of para-hydroxylation sites is 1. The number of carbonyl (C=O) groups is 1. The van der Waals surface area contributed by atoms with Gasteiger partial charge in [-0.25, -0.2) is 4.79 Å². The zero-order chi connectivity index (χ0) is 16.7. The number of carbonyl (C=O) groups excluding carboxylic acids is 1. The van der Waals surface area contributed by atoms with Crippen molar-refractivity contribution < 1.29 is 9.53 Å². The maximum atomic E-state index is 11.8. The zero-order valence-electron chi connectivity index (χ0n) is 13.8. The first kappa shape index (κ1) is 16.7. The third-order valence-electron chi connectivity index (χ3n) is 3.38. The predicted octanol–water partition coefficient (Wildman–Crippen LogP) is 3.26. The Morgan fingerprint density at radius 2 is 1.78 bits per heavy atom. The third kappa shape index (κ3) is 5.21. The molecule has 0 atom stereocenters. The van der Waals surface area contributed by atoms with Crippen molar-refractivity contribution in [2.24, 2.45) is 0 Å². The lowest BCUT2D eigenvalue weighted by atomic mass is 10.2. The summed E-state index contributed by atoms with van der Waals surface area (Å²) in [6.07, 6.45) is 0. The fourth-order valence-corrected chi connectivity index (χ4v) is 2.06. The number of aryl methyl sites for hydroxylation is 1. The van der Waals surface area contributed by atoms with Crippen LogP contribution in [0.15, 0.2) is 48.5 Å². The highest BCUT2D eigenvalue weighted by Crippen LogP contribution is 2.16. The standard InChI is InChI=1S/C18H23N3O2/c1-14-6-4-5-7-17(14)23-13-12-19-18(22)20-15-8-10-16(11-9-15)21(2)3/h4-11H,12-13H2,1-3H3,(H2,19,20,22). The normalized spacial score (nSPS) is 10.0. The van der Waals surface area contributed by atoms with Crippen LogP contribution in [-0.4, -0.2) is 33.3 Å². The second kappa shape index (κ2) is 8.08. The molecule has 2 aromatic rings. The van der Waals surface area contributed by atoms with Crippen molar-refractivity contribution >= 4 is 17.4 Å². The number of nitrogens with zero attached hydrogens (tertiary/aromatic N) is 1. The van der Waals surface area contributed by atoms with Gasteiger partial charge in [-0.1, -0.05) is 18.2 Å². The molecule has 0 unspecified atom stereocenters. The highest BCUT2D eigenvalue weighted by Gasteiger charge is 2.03. The minimum Gasteiger partial charge on any atom is -0.491 e. The maximum Gasteiger partial charge on any atom is 0.319 e. The zero-order valence-corrected chi connectivity index (χ0v) is 13.8. The van der Waals surface area contributed by atoms with Gasteiger partial charge in [-0.2, -0.15) is 0 Å². The lowest BCUT2D eigenvalue weighted by molar-refractivity contribution is 0.247. The van der Waals surface area contributed by atoms with Crippen LogP contribution in [0.5, 0.6) is 5.75 Å². The third-order valence-corrected chi connectivity index (χ3v) is 3.38. The SMILES string of the molecule is Cc1ccccc1OCCNC(=O)Nc1ccc(N(C)C)cc1. The van der Waals surface area contributed by atoms with Crippen molar-refractivity contribution in [3.8, 4) is 5.75 Å². The largest absolute Gasteiger partial charge is 0.491 e. The van der Waals surface area contributed by atoms with E-state index in [2.05, 4.69) is 10.6 Å². The molecule has 0 aliphatic rings. The molecule has 0 bridgehead atoms. The molecule has 0 saturated carbocycles. The molecule has 23 heavy (non-hydrogen) atoms. The average Bonchev–Trinajstić information content (AvgIpc) is 2.53. The van der Waals surface area contributed by atoms with E-state index in [0.717, 1.165) is 22.7 Å². The number of rotatable bonds is 6. The molecule has 2 rings (SSSR count). The van der Waals surface area contributed by atoms with Crippen LogP contribution in [0.4, 0.5) is 16.2 Å². The second-order valence-electron chi connectivity index (χ2n) is 5.44. The van der Waals surface area contributed by atoms with Crippen LogP contribution in [0.1, 0.15) is 5.56 Å². The van der Waals surface area contributed by atoms with Crippen LogP contribution in [-0.2, 0) is 0 Å². The summed E-state index contributed by atoms with van der Waals surface area (Å²) in [7, 11) is 3.95. The molecule has 2 aromatic carbocycles. The van der Waals surface area contributed by atoms with Crippen molar-refractivity contribution in [2.45, 2.75) is 6.92 Å². The van der Waals surface area contributed by atoms with Crippen LogP contribution in [0.3, 0.4) is 0 Å². The number of hydrogen-bond acceptors (Lipinski definition) is 3. The van der Waals surface area contributed by atoms with Gasteiger partial charge in [-0.3, -0.25) is 0 Å². The summed E-state index contributed by atoms with van der Waals surface area (Å²) in [6.45, 7) is 2.86. The number of anilines is 2. The summed E-state index contributed by atoms with van der Waals surface area (Å²) in [5, 5.41) is 5.57. The van der Waals surface area contributed by atoms with Gasteiger partial charge in [0.15, 0.2) is 0 Å². The Labute approximate surface area is 137 Å². The Morgan fingerprint density at radius 3 is 2.43 bits per heavy atom. The lowest BCUT2D eigenvalue weighted by Gasteiger charge is -2.13. The van der Waals surface area contributed by atoms with E-state index >= 15 is 0 Å². The van der Waals surface area contributed by atoms with E-state index in [0.29, 0.717) is 13.2 Å². The average molecular weight is 313 g/mol. The molecule has 5 nitrogen and oxygen atoms in total. The van der Waals surface area contributed by atoms with E-state index in [1.54, 1.807) is 0 Å². The van der Waals surface area contributed by atoms with Crippen molar-refractivity contribution in [1.29, 1.82) is 0 Å². The molecule has 0 aromatic heterocycles.